The van der Waals surface area contributed by atoms with Crippen molar-refractivity contribution in [1.82, 2.24) is 0 Å². The molecule has 0 rings (SSSR count). The third-order valence-corrected chi connectivity index (χ3v) is 10.6. The number of ether oxygens (including phenoxy) is 2. The molecule has 0 fully saturated rings. The Labute approximate surface area is 344 Å². The monoisotopic (exact) mass is 812 g/mol. The van der Waals surface area contributed by atoms with Crippen LogP contribution in [0.4, 0.5) is 0 Å². The van der Waals surface area contributed by atoms with Gasteiger partial charge < -0.3 is 27.9 Å². The number of carbonyl (C=O) groups is 2. The summed E-state index contributed by atoms with van der Waals surface area (Å²) in [6.07, 6.45) is 43.0. The number of hydrogen-bond acceptors (Lipinski definition) is 8. The van der Waals surface area contributed by atoms with E-state index < -0.39 is 26.5 Å². The Balaban J connectivity index is 4.35. The minimum Gasteiger partial charge on any atom is -0.756 e. The third kappa shape index (κ3) is 41.9. The summed E-state index contributed by atoms with van der Waals surface area (Å²) in [5.41, 5.74) is 0. The van der Waals surface area contributed by atoms with E-state index in [9.17, 15) is 19.0 Å². The molecule has 2 atom stereocenters. The number of phosphoric acid groups is 1. The van der Waals surface area contributed by atoms with Gasteiger partial charge >= 0.3 is 11.9 Å². The van der Waals surface area contributed by atoms with Gasteiger partial charge in [-0.1, -0.05) is 147 Å². The van der Waals surface area contributed by atoms with Gasteiger partial charge in [0.05, 0.1) is 27.7 Å². The third-order valence-electron chi connectivity index (χ3n) is 9.63. The number of esters is 2. The smallest absolute Gasteiger partial charge is 0.306 e. The molecule has 10 heteroatoms. The van der Waals surface area contributed by atoms with Gasteiger partial charge in [0.15, 0.2) is 6.10 Å². The lowest BCUT2D eigenvalue weighted by Gasteiger charge is -2.28. The van der Waals surface area contributed by atoms with Gasteiger partial charge in [0, 0.05) is 12.8 Å². The number of likely N-dealkylation sites (N-methyl/N-ethyl adjacent to an activating group) is 1. The van der Waals surface area contributed by atoms with Crippen molar-refractivity contribution in [3.63, 3.8) is 0 Å². The molecule has 0 aromatic carbocycles. The second-order valence-corrected chi connectivity index (χ2v) is 17.8. The fourth-order valence-electron chi connectivity index (χ4n) is 6.03. The molecule has 0 saturated carbocycles. The minimum absolute atomic E-state index is 0.0340. The van der Waals surface area contributed by atoms with Crippen molar-refractivity contribution in [2.24, 2.45) is 0 Å². The number of quaternary nitrogens is 1. The first kappa shape index (κ1) is 54.2. The van der Waals surface area contributed by atoms with Crippen LogP contribution in [0.3, 0.4) is 0 Å². The zero-order valence-corrected chi connectivity index (χ0v) is 37.7. The molecule has 9 nitrogen and oxygen atoms in total. The van der Waals surface area contributed by atoms with E-state index in [2.05, 4.69) is 50.3 Å². The maximum atomic E-state index is 12.7. The predicted molar refractivity (Wildman–Crippen MR) is 231 cm³/mol. The molecule has 1 unspecified atom stereocenters. The number of unbranched alkanes of at least 4 members (excludes halogenated alkanes) is 21. The maximum absolute atomic E-state index is 12.7. The molecule has 0 heterocycles. The second kappa shape index (κ2) is 38.7. The van der Waals surface area contributed by atoms with Crippen LogP contribution in [0.15, 0.2) is 36.5 Å². The molecule has 0 aromatic rings. The highest BCUT2D eigenvalue weighted by Crippen LogP contribution is 2.38. The molecule has 328 valence electrons. The van der Waals surface area contributed by atoms with Crippen LogP contribution in [0.1, 0.15) is 194 Å². The molecular weight excluding hydrogens is 725 g/mol. The van der Waals surface area contributed by atoms with Crippen molar-refractivity contribution >= 4 is 19.8 Å². The van der Waals surface area contributed by atoms with Crippen LogP contribution in [0.5, 0.6) is 0 Å². The van der Waals surface area contributed by atoms with Crippen LogP contribution in [-0.2, 0) is 32.7 Å². The Morgan fingerprint density at radius 3 is 1.46 bits per heavy atom. The standard InChI is InChI=1S/C46H86NO8P/c1-6-8-10-12-14-16-18-20-22-23-25-26-28-30-32-34-36-38-45(48)52-42-44(43-54-56(50,51)53-41-40-47(3,4)5)55-46(49)39-37-35-33-31-29-27-24-21-19-17-15-13-11-9-7-2/h15-18,21,24,44H,6-14,19-20,22-23,25-43H2,1-5H3/b17-15+,18-16+,24-21+/t44-/m1/s1. The van der Waals surface area contributed by atoms with E-state index in [0.29, 0.717) is 17.4 Å². The van der Waals surface area contributed by atoms with Gasteiger partial charge in [-0.15, -0.1) is 0 Å². The van der Waals surface area contributed by atoms with E-state index in [-0.39, 0.29) is 32.0 Å². The Kier molecular flexibility index (Phi) is 37.5. The molecule has 0 spiro atoms. The average molecular weight is 812 g/mol. The molecule has 0 aliphatic rings. The van der Waals surface area contributed by atoms with Crippen LogP contribution in [0.25, 0.3) is 0 Å². The minimum atomic E-state index is -4.63. The van der Waals surface area contributed by atoms with Crippen LogP contribution in [0, 0.1) is 0 Å². The average Bonchev–Trinajstić information content (AvgIpc) is 3.15. The van der Waals surface area contributed by atoms with Crippen LogP contribution in [0.2, 0.25) is 0 Å². The summed E-state index contributed by atoms with van der Waals surface area (Å²) < 4.78 is 33.9. The molecule has 0 aliphatic carbocycles. The number of allylic oxidation sites excluding steroid dienone is 6. The van der Waals surface area contributed by atoms with E-state index in [0.717, 1.165) is 57.8 Å². The molecule has 0 N–H and O–H groups in total. The summed E-state index contributed by atoms with van der Waals surface area (Å²) in [6.45, 7) is 4.18. The van der Waals surface area contributed by atoms with E-state index in [1.165, 1.54) is 103 Å². The van der Waals surface area contributed by atoms with Gasteiger partial charge in [0.2, 0.25) is 0 Å². The quantitative estimate of drug-likeness (QED) is 0.0197. The summed E-state index contributed by atoms with van der Waals surface area (Å²) in [4.78, 5) is 37.5. The normalized spacial score (nSPS) is 13.9. The molecule has 0 bridgehead atoms. The second-order valence-electron chi connectivity index (χ2n) is 16.4. The number of rotatable bonds is 41. The highest BCUT2D eigenvalue weighted by molar-refractivity contribution is 7.45. The predicted octanol–water partition coefficient (Wildman–Crippen LogP) is 12.3. The summed E-state index contributed by atoms with van der Waals surface area (Å²) in [7, 11) is 1.15. The van der Waals surface area contributed by atoms with E-state index in [1.807, 2.05) is 21.1 Å². The van der Waals surface area contributed by atoms with Gasteiger partial charge in [-0.05, 0) is 70.6 Å². The van der Waals surface area contributed by atoms with Gasteiger partial charge in [-0.25, -0.2) is 0 Å². The molecule has 0 amide bonds. The SMILES string of the molecule is CCCCC/C=C/C/C=C/CCCCCCCC(=O)O[C@H](COC(=O)CCCCCCCCCCC/C=C/CCCCCC)COP(=O)([O-])OCC[N+](C)(C)C. The summed E-state index contributed by atoms with van der Waals surface area (Å²) in [5.74, 6) is -0.851. The van der Waals surface area contributed by atoms with E-state index in [4.69, 9.17) is 18.5 Å². The summed E-state index contributed by atoms with van der Waals surface area (Å²) in [5, 5.41) is 0. The first-order valence-electron chi connectivity index (χ1n) is 22.7. The number of nitrogens with zero attached hydrogens (tertiary/aromatic N) is 1. The zero-order chi connectivity index (χ0) is 41.4. The molecular formula is C46H86NO8P. The highest BCUT2D eigenvalue weighted by atomic mass is 31.2. The summed E-state index contributed by atoms with van der Waals surface area (Å²) >= 11 is 0. The topological polar surface area (TPSA) is 111 Å². The maximum Gasteiger partial charge on any atom is 0.306 e. The number of carbonyl (C=O) groups excluding carboxylic acids is 2. The van der Waals surface area contributed by atoms with Crippen molar-refractivity contribution < 1.29 is 42.1 Å². The molecule has 0 saturated heterocycles. The van der Waals surface area contributed by atoms with E-state index >= 15 is 0 Å². The first-order chi connectivity index (χ1) is 27.0. The van der Waals surface area contributed by atoms with Gasteiger partial charge in [0.1, 0.15) is 19.8 Å². The Morgan fingerprint density at radius 2 is 0.964 bits per heavy atom. The van der Waals surface area contributed by atoms with Crippen molar-refractivity contribution in [3.8, 4) is 0 Å². The van der Waals surface area contributed by atoms with Crippen LogP contribution >= 0.6 is 7.82 Å². The van der Waals surface area contributed by atoms with E-state index in [1.54, 1.807) is 0 Å². The fourth-order valence-corrected chi connectivity index (χ4v) is 6.76. The number of hydrogen-bond donors (Lipinski definition) is 0. The first-order valence-corrected chi connectivity index (χ1v) is 24.2. The Morgan fingerprint density at radius 1 is 0.554 bits per heavy atom. The molecule has 0 radical (unpaired) electrons. The van der Waals surface area contributed by atoms with Gasteiger partial charge in [-0.2, -0.15) is 0 Å². The molecule has 56 heavy (non-hydrogen) atoms. The van der Waals surface area contributed by atoms with Gasteiger partial charge in [-0.3, -0.25) is 14.2 Å². The lowest BCUT2D eigenvalue weighted by atomic mass is 10.1. The van der Waals surface area contributed by atoms with Gasteiger partial charge in [0.25, 0.3) is 7.82 Å². The molecule has 0 aromatic heterocycles. The van der Waals surface area contributed by atoms with Crippen LogP contribution < -0.4 is 4.89 Å². The largest absolute Gasteiger partial charge is 0.756 e. The number of phosphoric ester groups is 1. The lowest BCUT2D eigenvalue weighted by molar-refractivity contribution is -0.870. The fraction of sp³-hybridized carbons (Fsp3) is 0.826. The Bertz CT molecular complexity index is 1050. The molecule has 0 aliphatic heterocycles. The summed E-state index contributed by atoms with van der Waals surface area (Å²) in [6, 6.07) is 0. The zero-order valence-electron chi connectivity index (χ0n) is 36.8. The van der Waals surface area contributed by atoms with Crippen molar-refractivity contribution in [2.75, 3.05) is 47.5 Å². The lowest BCUT2D eigenvalue weighted by Crippen LogP contribution is -2.37. The van der Waals surface area contributed by atoms with Crippen molar-refractivity contribution in [2.45, 2.75) is 200 Å². The van der Waals surface area contributed by atoms with Crippen molar-refractivity contribution in [3.05, 3.63) is 36.5 Å². The Hall–Kier alpha value is -1.77. The van der Waals surface area contributed by atoms with Crippen molar-refractivity contribution in [1.29, 1.82) is 0 Å². The highest BCUT2D eigenvalue weighted by Gasteiger charge is 2.21. The van der Waals surface area contributed by atoms with Crippen LogP contribution in [-0.4, -0.2) is 70.0 Å².